The Balaban J connectivity index is 2.22. The number of amides is 1. The number of aliphatic carboxylic acids is 1. The van der Waals surface area contributed by atoms with Crippen LogP contribution in [0.25, 0.3) is 0 Å². The fourth-order valence-electron chi connectivity index (χ4n) is 2.24. The van der Waals surface area contributed by atoms with Gasteiger partial charge < -0.3 is 20.5 Å². The molecule has 2 rings (SSSR count). The number of anilines is 1. The number of halogens is 1. The van der Waals surface area contributed by atoms with Gasteiger partial charge in [-0.25, -0.2) is 4.39 Å². The molecule has 1 aromatic carbocycles. The Bertz CT molecular complexity index is 535. The van der Waals surface area contributed by atoms with Crippen LogP contribution >= 0.6 is 0 Å². The molecule has 3 N–H and O–H groups in total. The van der Waals surface area contributed by atoms with Crippen LogP contribution in [-0.4, -0.2) is 42.8 Å². The van der Waals surface area contributed by atoms with E-state index in [-0.39, 0.29) is 12.0 Å². The highest BCUT2D eigenvalue weighted by Crippen LogP contribution is 2.24. The Kier molecular flexibility index (Phi) is 4.19. The molecule has 1 aliphatic heterocycles. The first-order chi connectivity index (χ1) is 9.47. The van der Waals surface area contributed by atoms with E-state index < -0.39 is 23.8 Å². The molecule has 20 heavy (non-hydrogen) atoms. The summed E-state index contributed by atoms with van der Waals surface area (Å²) in [6.07, 6.45) is -0.587. The Labute approximate surface area is 114 Å². The Morgan fingerprint density at radius 2 is 2.25 bits per heavy atom. The van der Waals surface area contributed by atoms with E-state index in [1.165, 1.54) is 12.1 Å². The third kappa shape index (κ3) is 3.24. The van der Waals surface area contributed by atoms with Crippen LogP contribution in [0.4, 0.5) is 10.1 Å². The zero-order valence-corrected chi connectivity index (χ0v) is 10.7. The highest BCUT2D eigenvalue weighted by atomic mass is 19.1. The van der Waals surface area contributed by atoms with E-state index in [1.807, 2.05) is 0 Å². The average molecular weight is 282 g/mol. The number of ether oxygens (including phenoxy) is 1. The predicted octanol–water partition coefficient (Wildman–Crippen LogP) is 0.604. The lowest BCUT2D eigenvalue weighted by molar-refractivity contribution is -0.140. The van der Waals surface area contributed by atoms with Crippen molar-refractivity contribution in [3.8, 4) is 0 Å². The van der Waals surface area contributed by atoms with Gasteiger partial charge in [-0.3, -0.25) is 9.59 Å². The molecule has 108 valence electrons. The fraction of sp³-hybridized carbons (Fsp3) is 0.385. The number of benzene rings is 1. The Morgan fingerprint density at radius 3 is 2.90 bits per heavy atom. The predicted molar refractivity (Wildman–Crippen MR) is 69.1 cm³/mol. The SMILES string of the molecule is NC(=O)c1cc(F)ccc1N1CCOC(CC(=O)O)C1. The number of carbonyl (C=O) groups is 2. The molecule has 0 radical (unpaired) electrons. The average Bonchev–Trinajstić information content (AvgIpc) is 2.38. The molecule has 6 nitrogen and oxygen atoms in total. The zero-order valence-electron chi connectivity index (χ0n) is 10.7. The summed E-state index contributed by atoms with van der Waals surface area (Å²) in [5, 5.41) is 8.78. The molecular formula is C13H15FN2O4. The molecule has 1 aromatic rings. The zero-order chi connectivity index (χ0) is 14.7. The first-order valence-corrected chi connectivity index (χ1v) is 6.15. The van der Waals surface area contributed by atoms with Crippen LogP contribution in [-0.2, 0) is 9.53 Å². The molecule has 1 saturated heterocycles. The smallest absolute Gasteiger partial charge is 0.306 e. The van der Waals surface area contributed by atoms with Gasteiger partial charge in [0.2, 0.25) is 0 Å². The number of morpholine rings is 1. The normalized spacial score (nSPS) is 18.9. The molecule has 1 amide bonds. The number of hydrogen-bond donors (Lipinski definition) is 2. The van der Waals surface area contributed by atoms with Crippen molar-refractivity contribution in [1.82, 2.24) is 0 Å². The van der Waals surface area contributed by atoms with Crippen molar-refractivity contribution in [2.45, 2.75) is 12.5 Å². The fourth-order valence-corrected chi connectivity index (χ4v) is 2.24. The lowest BCUT2D eigenvalue weighted by Crippen LogP contribution is -2.44. The second-order valence-corrected chi connectivity index (χ2v) is 4.56. The maximum atomic E-state index is 13.2. The molecule has 0 aliphatic carbocycles. The first kappa shape index (κ1) is 14.3. The third-order valence-electron chi connectivity index (χ3n) is 3.11. The summed E-state index contributed by atoms with van der Waals surface area (Å²) in [5.74, 6) is -2.22. The molecule has 1 unspecified atom stereocenters. The lowest BCUT2D eigenvalue weighted by Gasteiger charge is -2.34. The maximum Gasteiger partial charge on any atom is 0.306 e. The van der Waals surface area contributed by atoms with Crippen molar-refractivity contribution in [3.63, 3.8) is 0 Å². The number of primary amides is 1. The van der Waals surface area contributed by atoms with E-state index in [0.717, 1.165) is 6.07 Å². The molecule has 0 spiro atoms. The van der Waals surface area contributed by atoms with Gasteiger partial charge in [0.1, 0.15) is 5.82 Å². The minimum Gasteiger partial charge on any atom is -0.481 e. The molecule has 1 fully saturated rings. The number of carbonyl (C=O) groups excluding carboxylic acids is 1. The van der Waals surface area contributed by atoms with Gasteiger partial charge >= 0.3 is 5.97 Å². The molecule has 0 aromatic heterocycles. The van der Waals surface area contributed by atoms with Gasteiger partial charge in [0.25, 0.3) is 5.91 Å². The van der Waals surface area contributed by atoms with Crippen molar-refractivity contribution >= 4 is 17.6 Å². The van der Waals surface area contributed by atoms with Crippen molar-refractivity contribution in [2.75, 3.05) is 24.6 Å². The Morgan fingerprint density at radius 1 is 1.50 bits per heavy atom. The van der Waals surface area contributed by atoms with Crippen molar-refractivity contribution in [1.29, 1.82) is 0 Å². The summed E-state index contributed by atoms with van der Waals surface area (Å²) >= 11 is 0. The molecule has 1 aliphatic rings. The summed E-state index contributed by atoms with van der Waals surface area (Å²) in [6, 6.07) is 3.79. The van der Waals surface area contributed by atoms with E-state index in [4.69, 9.17) is 15.6 Å². The molecule has 0 bridgehead atoms. The highest BCUT2D eigenvalue weighted by molar-refractivity contribution is 5.98. The highest BCUT2D eigenvalue weighted by Gasteiger charge is 2.25. The lowest BCUT2D eigenvalue weighted by atomic mass is 10.1. The number of rotatable bonds is 4. The van der Waals surface area contributed by atoms with E-state index in [9.17, 15) is 14.0 Å². The van der Waals surface area contributed by atoms with Gasteiger partial charge in [-0.15, -0.1) is 0 Å². The first-order valence-electron chi connectivity index (χ1n) is 6.15. The molecule has 1 heterocycles. The van der Waals surface area contributed by atoms with Crippen LogP contribution in [0.3, 0.4) is 0 Å². The van der Waals surface area contributed by atoms with Gasteiger partial charge in [0, 0.05) is 18.8 Å². The molecule has 0 saturated carbocycles. The summed E-state index contributed by atoms with van der Waals surface area (Å²) in [6.45, 7) is 1.15. The van der Waals surface area contributed by atoms with Gasteiger partial charge in [0.05, 0.1) is 24.7 Å². The summed E-state index contributed by atoms with van der Waals surface area (Å²) in [5.41, 5.74) is 5.83. The van der Waals surface area contributed by atoms with Crippen LogP contribution in [0.15, 0.2) is 18.2 Å². The quantitative estimate of drug-likeness (QED) is 0.843. The van der Waals surface area contributed by atoms with Crippen LogP contribution in [0.5, 0.6) is 0 Å². The summed E-state index contributed by atoms with van der Waals surface area (Å²) < 4.78 is 18.5. The van der Waals surface area contributed by atoms with Gasteiger partial charge in [-0.1, -0.05) is 0 Å². The summed E-state index contributed by atoms with van der Waals surface area (Å²) in [7, 11) is 0. The second kappa shape index (κ2) is 5.87. The summed E-state index contributed by atoms with van der Waals surface area (Å²) in [4.78, 5) is 23.9. The van der Waals surface area contributed by atoms with Crippen LogP contribution in [0, 0.1) is 5.82 Å². The van der Waals surface area contributed by atoms with Crippen LogP contribution in [0.1, 0.15) is 16.8 Å². The minimum absolute atomic E-state index is 0.0842. The standard InChI is InChI=1S/C13H15FN2O4/c14-8-1-2-11(10(5-8)13(15)19)16-3-4-20-9(7-16)6-12(17)18/h1-2,5,9H,3-4,6-7H2,(H2,15,19)(H,17,18). The van der Waals surface area contributed by atoms with Crippen molar-refractivity contribution in [2.24, 2.45) is 5.73 Å². The van der Waals surface area contributed by atoms with E-state index >= 15 is 0 Å². The number of hydrogen-bond acceptors (Lipinski definition) is 4. The molecular weight excluding hydrogens is 267 g/mol. The Hall–Kier alpha value is -2.15. The van der Waals surface area contributed by atoms with Gasteiger partial charge in [-0.05, 0) is 18.2 Å². The maximum absolute atomic E-state index is 13.2. The second-order valence-electron chi connectivity index (χ2n) is 4.56. The monoisotopic (exact) mass is 282 g/mol. The number of nitrogens with two attached hydrogens (primary N) is 1. The number of nitrogens with zero attached hydrogens (tertiary/aromatic N) is 1. The van der Waals surface area contributed by atoms with E-state index in [1.54, 1.807) is 4.90 Å². The third-order valence-corrected chi connectivity index (χ3v) is 3.11. The number of carboxylic acids is 1. The largest absolute Gasteiger partial charge is 0.481 e. The number of carboxylic acid groups (broad SMARTS) is 1. The van der Waals surface area contributed by atoms with Crippen LogP contribution in [0.2, 0.25) is 0 Å². The topological polar surface area (TPSA) is 92.9 Å². The minimum atomic E-state index is -0.953. The van der Waals surface area contributed by atoms with E-state index in [0.29, 0.717) is 25.4 Å². The van der Waals surface area contributed by atoms with Crippen molar-refractivity contribution < 1.29 is 23.8 Å². The van der Waals surface area contributed by atoms with Gasteiger partial charge in [-0.2, -0.15) is 0 Å². The van der Waals surface area contributed by atoms with E-state index in [2.05, 4.69) is 0 Å². The molecule has 1 atom stereocenters. The van der Waals surface area contributed by atoms with Crippen molar-refractivity contribution in [3.05, 3.63) is 29.6 Å². The van der Waals surface area contributed by atoms with Crippen LogP contribution < -0.4 is 10.6 Å². The molecule has 7 heteroatoms. The van der Waals surface area contributed by atoms with Gasteiger partial charge in [0.15, 0.2) is 0 Å².